The van der Waals surface area contributed by atoms with Gasteiger partial charge >= 0.3 is 18.4 Å². The van der Waals surface area contributed by atoms with Crippen LogP contribution in [0.1, 0.15) is 61.0 Å². The van der Waals surface area contributed by atoms with E-state index in [1.807, 2.05) is 0 Å². The molecule has 43 heavy (non-hydrogen) atoms. The van der Waals surface area contributed by atoms with Gasteiger partial charge in [-0.1, -0.05) is 36.2 Å². The first kappa shape index (κ1) is 31.0. The Bertz CT molecular complexity index is 1460. The molecule has 3 aliphatic carbocycles. The normalized spacial score (nSPS) is 22.0. The summed E-state index contributed by atoms with van der Waals surface area (Å²) < 4.78 is 86.2. The van der Waals surface area contributed by atoms with Crippen molar-refractivity contribution in [1.29, 1.82) is 0 Å². The number of amides is 2. The van der Waals surface area contributed by atoms with E-state index in [0.717, 1.165) is 50.7 Å². The Kier molecular flexibility index (Phi) is 8.36. The smallest absolute Gasteiger partial charge is 0.338 e. The van der Waals surface area contributed by atoms with Crippen molar-refractivity contribution >= 4 is 23.7 Å². The maximum atomic E-state index is 13.6. The third-order valence-corrected chi connectivity index (χ3v) is 9.36. The third-order valence-electron chi connectivity index (χ3n) is 8.92. The largest absolute Gasteiger partial charge is 0.417 e. The molecule has 14 heteroatoms. The second kappa shape index (κ2) is 11.6. The number of carbonyl (C=O) groups is 1. The predicted molar refractivity (Wildman–Crippen MR) is 152 cm³/mol. The molecule has 0 spiro atoms. The fraction of sp³-hybridized carbons (Fsp3) is 0.483. The number of aromatic nitrogens is 3. The molecule has 3 aliphatic rings. The summed E-state index contributed by atoms with van der Waals surface area (Å²) in [6.45, 7) is 0.100. The van der Waals surface area contributed by atoms with Crippen LogP contribution >= 0.6 is 11.9 Å². The molecule has 7 nitrogen and oxygen atoms in total. The molecular formula is C29H32F6N6OS. The lowest BCUT2D eigenvalue weighted by atomic mass is 9.53. The predicted octanol–water partition coefficient (Wildman–Crippen LogP) is 7.30. The number of carbonyl (C=O) groups excluding carboxylic acids is 1. The summed E-state index contributed by atoms with van der Waals surface area (Å²) in [5.74, 6) is 0.833. The van der Waals surface area contributed by atoms with Crippen LogP contribution in [0.3, 0.4) is 0 Å². The van der Waals surface area contributed by atoms with Crippen LogP contribution in [0.5, 0.6) is 0 Å². The summed E-state index contributed by atoms with van der Waals surface area (Å²) in [6.07, 6.45) is -2.82. The van der Waals surface area contributed by atoms with Crippen LogP contribution < -0.4 is 15.4 Å². The highest BCUT2D eigenvalue weighted by Crippen LogP contribution is 2.57. The fourth-order valence-corrected chi connectivity index (χ4v) is 6.86. The van der Waals surface area contributed by atoms with Crippen molar-refractivity contribution in [2.45, 2.75) is 62.8 Å². The zero-order chi connectivity index (χ0) is 31.0. The van der Waals surface area contributed by atoms with Gasteiger partial charge in [-0.2, -0.15) is 26.3 Å². The standard InChI is InChI=1S/C29H32F6N6OS/c1-41-23(20-5-3-4-6-21(20)28(30,31)32)38-39-24(41)27-12-9-26(10-13-27,11-14-27)17-37-25(42)36-16-18-7-8-19(40-43-2)15-22(18)29(33,34)35/h3-8,15,40H,9-14,16-17H2,1-2H3,(H2,36,37,42). The number of rotatable bonds is 8. The van der Waals surface area contributed by atoms with Gasteiger partial charge in [-0.25, -0.2) is 4.79 Å². The topological polar surface area (TPSA) is 83.9 Å². The fourth-order valence-electron chi connectivity index (χ4n) is 6.50. The maximum absolute atomic E-state index is 13.6. The quantitative estimate of drug-likeness (QED) is 0.181. The van der Waals surface area contributed by atoms with E-state index in [1.165, 1.54) is 36.2 Å². The van der Waals surface area contributed by atoms with E-state index in [9.17, 15) is 31.1 Å². The van der Waals surface area contributed by atoms with Crippen molar-refractivity contribution in [3.05, 3.63) is 65.0 Å². The molecule has 3 aromatic rings. The molecule has 3 N–H and O–H groups in total. The van der Waals surface area contributed by atoms with Gasteiger partial charge in [-0.05, 0) is 67.7 Å². The van der Waals surface area contributed by atoms with Gasteiger partial charge in [-0.3, -0.25) is 0 Å². The summed E-state index contributed by atoms with van der Waals surface area (Å²) in [5, 5.41) is 14.0. The molecule has 2 aromatic carbocycles. The molecule has 0 atom stereocenters. The monoisotopic (exact) mass is 626 g/mol. The molecule has 2 amide bonds. The van der Waals surface area contributed by atoms with Crippen LogP contribution in [0.25, 0.3) is 11.4 Å². The molecule has 2 bridgehead atoms. The van der Waals surface area contributed by atoms with Gasteiger partial charge in [0, 0.05) is 43.1 Å². The molecule has 3 fully saturated rings. The zero-order valence-electron chi connectivity index (χ0n) is 23.6. The lowest BCUT2D eigenvalue weighted by Gasteiger charge is -2.52. The molecule has 0 saturated heterocycles. The number of hydrogen-bond donors (Lipinski definition) is 3. The van der Waals surface area contributed by atoms with Crippen molar-refractivity contribution in [2.24, 2.45) is 12.5 Å². The summed E-state index contributed by atoms with van der Waals surface area (Å²) in [5.41, 5.74) is -1.78. The van der Waals surface area contributed by atoms with Crippen molar-refractivity contribution in [3.8, 4) is 11.4 Å². The highest BCUT2D eigenvalue weighted by atomic mass is 32.2. The second-order valence-electron chi connectivity index (χ2n) is 11.4. The molecule has 1 heterocycles. The van der Waals surface area contributed by atoms with Gasteiger partial charge < -0.3 is 19.9 Å². The SMILES string of the molecule is CSNc1ccc(CNC(=O)NCC23CCC(c4nnc(-c5ccccc5C(F)(F)F)n4C)(CC2)CC3)c(C(F)(F)F)c1. The first-order chi connectivity index (χ1) is 20.3. The molecule has 0 unspecified atom stereocenters. The minimum Gasteiger partial charge on any atom is -0.338 e. The maximum Gasteiger partial charge on any atom is 0.417 e. The van der Waals surface area contributed by atoms with Crippen LogP contribution in [-0.4, -0.2) is 33.6 Å². The molecule has 0 aliphatic heterocycles. The summed E-state index contributed by atoms with van der Waals surface area (Å²) in [4.78, 5) is 12.6. The minimum absolute atomic E-state index is 0.0150. The minimum atomic E-state index is -4.57. The van der Waals surface area contributed by atoms with E-state index >= 15 is 0 Å². The Morgan fingerprint density at radius 1 is 0.907 bits per heavy atom. The number of alkyl halides is 6. The van der Waals surface area contributed by atoms with E-state index in [1.54, 1.807) is 23.9 Å². The number of anilines is 1. The van der Waals surface area contributed by atoms with E-state index in [4.69, 9.17) is 0 Å². The number of fused-ring (bicyclic) bond motifs is 3. The van der Waals surface area contributed by atoms with Crippen molar-refractivity contribution in [2.75, 3.05) is 17.5 Å². The highest BCUT2D eigenvalue weighted by Gasteiger charge is 2.51. The average molecular weight is 627 g/mol. The summed E-state index contributed by atoms with van der Waals surface area (Å²) in [7, 11) is 1.70. The van der Waals surface area contributed by atoms with Crippen molar-refractivity contribution < 1.29 is 31.1 Å². The van der Waals surface area contributed by atoms with Crippen molar-refractivity contribution in [1.82, 2.24) is 25.4 Å². The number of nitrogens with zero attached hydrogens (tertiary/aromatic N) is 3. The Morgan fingerprint density at radius 2 is 1.56 bits per heavy atom. The molecule has 3 saturated carbocycles. The molecule has 1 aromatic heterocycles. The van der Waals surface area contributed by atoms with Crippen LogP contribution in [0.15, 0.2) is 42.5 Å². The van der Waals surface area contributed by atoms with E-state index in [0.29, 0.717) is 18.1 Å². The number of urea groups is 1. The van der Waals surface area contributed by atoms with E-state index in [2.05, 4.69) is 25.6 Å². The van der Waals surface area contributed by atoms with Crippen molar-refractivity contribution in [3.63, 3.8) is 0 Å². The molecule has 232 valence electrons. The Hall–Kier alpha value is -3.42. The molecular weight excluding hydrogens is 594 g/mol. The Labute approximate surface area is 249 Å². The lowest BCUT2D eigenvalue weighted by Crippen LogP contribution is -2.51. The van der Waals surface area contributed by atoms with Gasteiger partial charge in [0.05, 0.1) is 11.1 Å². The molecule has 0 radical (unpaired) electrons. The second-order valence-corrected chi connectivity index (χ2v) is 12.1. The first-order valence-electron chi connectivity index (χ1n) is 13.8. The van der Waals surface area contributed by atoms with Gasteiger partial charge in [0.1, 0.15) is 5.82 Å². The van der Waals surface area contributed by atoms with Crippen LogP contribution in [-0.2, 0) is 31.4 Å². The zero-order valence-corrected chi connectivity index (χ0v) is 24.4. The number of nitrogens with one attached hydrogen (secondary N) is 3. The van der Waals surface area contributed by atoms with E-state index < -0.39 is 29.5 Å². The molecule has 6 rings (SSSR count). The number of halogens is 6. The van der Waals surface area contributed by atoms with E-state index in [-0.39, 0.29) is 34.3 Å². The third kappa shape index (κ3) is 6.29. The number of benzene rings is 2. The highest BCUT2D eigenvalue weighted by molar-refractivity contribution is 7.99. The Balaban J connectivity index is 1.21. The summed E-state index contributed by atoms with van der Waals surface area (Å²) >= 11 is 1.18. The average Bonchev–Trinajstić information content (AvgIpc) is 3.37. The van der Waals surface area contributed by atoms with Gasteiger partial charge in [-0.15, -0.1) is 10.2 Å². The van der Waals surface area contributed by atoms with Gasteiger partial charge in [0.2, 0.25) is 0 Å². The van der Waals surface area contributed by atoms with Gasteiger partial charge in [0.25, 0.3) is 0 Å². The summed E-state index contributed by atoms with van der Waals surface area (Å²) in [6, 6.07) is 8.70. The van der Waals surface area contributed by atoms with Crippen LogP contribution in [0.2, 0.25) is 0 Å². The Morgan fingerprint density at radius 3 is 2.19 bits per heavy atom. The van der Waals surface area contributed by atoms with Crippen LogP contribution in [0, 0.1) is 5.41 Å². The lowest BCUT2D eigenvalue weighted by molar-refractivity contribution is -0.138. The number of hydrogen-bond acceptors (Lipinski definition) is 5. The first-order valence-corrected chi connectivity index (χ1v) is 15.1. The van der Waals surface area contributed by atoms with Crippen LogP contribution in [0.4, 0.5) is 36.8 Å². The van der Waals surface area contributed by atoms with Gasteiger partial charge in [0.15, 0.2) is 5.82 Å².